The Kier molecular flexibility index (Phi) is 3.36. The number of nitrogens with two attached hydrogens (primary N) is 1. The highest BCUT2D eigenvalue weighted by Crippen LogP contribution is 2.30. The molecule has 2 N–H and O–H groups in total. The molecule has 6 nitrogen and oxygen atoms in total. The number of ether oxygens (including phenoxy) is 1. The van der Waals surface area contributed by atoms with Crippen molar-refractivity contribution < 1.29 is 4.74 Å². The van der Waals surface area contributed by atoms with Crippen molar-refractivity contribution in [3.63, 3.8) is 0 Å². The van der Waals surface area contributed by atoms with Crippen LogP contribution in [0.25, 0.3) is 0 Å². The van der Waals surface area contributed by atoms with Crippen molar-refractivity contribution in [3.8, 4) is 11.6 Å². The molecule has 0 fully saturated rings. The van der Waals surface area contributed by atoms with Gasteiger partial charge in [-0.2, -0.15) is 0 Å². The SMILES string of the molecule is CCn1nncc1Oc1cc(N(C)C)ccc1N. The van der Waals surface area contributed by atoms with E-state index in [9.17, 15) is 0 Å². The lowest BCUT2D eigenvalue weighted by atomic mass is 10.2. The van der Waals surface area contributed by atoms with E-state index in [1.807, 2.05) is 44.1 Å². The molecule has 96 valence electrons. The zero-order valence-corrected chi connectivity index (χ0v) is 10.8. The number of nitrogens with zero attached hydrogens (tertiary/aromatic N) is 4. The first-order chi connectivity index (χ1) is 8.61. The highest BCUT2D eigenvalue weighted by molar-refractivity contribution is 5.62. The summed E-state index contributed by atoms with van der Waals surface area (Å²) in [7, 11) is 3.93. The summed E-state index contributed by atoms with van der Waals surface area (Å²) < 4.78 is 7.42. The predicted molar refractivity (Wildman–Crippen MR) is 71.0 cm³/mol. The molecule has 0 spiro atoms. The van der Waals surface area contributed by atoms with Gasteiger partial charge in [0, 0.05) is 32.4 Å². The third-order valence-corrected chi connectivity index (χ3v) is 2.61. The zero-order valence-electron chi connectivity index (χ0n) is 10.8. The van der Waals surface area contributed by atoms with E-state index in [0.717, 1.165) is 5.69 Å². The Morgan fingerprint density at radius 2 is 2.17 bits per heavy atom. The molecule has 2 rings (SSSR count). The van der Waals surface area contributed by atoms with Crippen LogP contribution in [-0.4, -0.2) is 29.1 Å². The molecule has 1 aromatic heterocycles. The normalized spacial score (nSPS) is 10.4. The van der Waals surface area contributed by atoms with E-state index in [1.54, 1.807) is 10.9 Å². The third-order valence-electron chi connectivity index (χ3n) is 2.61. The van der Waals surface area contributed by atoms with Gasteiger partial charge in [-0.3, -0.25) is 0 Å². The lowest BCUT2D eigenvalue weighted by molar-refractivity contribution is 0.417. The summed E-state index contributed by atoms with van der Waals surface area (Å²) in [4.78, 5) is 1.99. The predicted octanol–water partition coefficient (Wildman–Crippen LogP) is 1.74. The number of nitrogen functional groups attached to an aromatic ring is 1. The molecule has 2 aromatic rings. The summed E-state index contributed by atoms with van der Waals surface area (Å²) in [5, 5.41) is 7.72. The lowest BCUT2D eigenvalue weighted by Crippen LogP contribution is -2.09. The van der Waals surface area contributed by atoms with Gasteiger partial charge in [-0.1, -0.05) is 5.21 Å². The molecule has 0 aliphatic carbocycles. The molecule has 1 heterocycles. The summed E-state index contributed by atoms with van der Waals surface area (Å²) in [6.07, 6.45) is 1.57. The van der Waals surface area contributed by atoms with Crippen molar-refractivity contribution >= 4 is 11.4 Å². The molecule has 6 heteroatoms. The van der Waals surface area contributed by atoms with Crippen LogP contribution in [-0.2, 0) is 6.54 Å². The maximum atomic E-state index is 5.90. The molecule has 0 aliphatic rings. The molecule has 0 saturated heterocycles. The smallest absolute Gasteiger partial charge is 0.238 e. The maximum Gasteiger partial charge on any atom is 0.238 e. The minimum Gasteiger partial charge on any atom is -0.435 e. The van der Waals surface area contributed by atoms with Gasteiger partial charge in [-0.25, -0.2) is 4.68 Å². The van der Waals surface area contributed by atoms with Crippen molar-refractivity contribution in [2.75, 3.05) is 24.7 Å². The Hall–Kier alpha value is -2.24. The minimum atomic E-state index is 0.583. The Morgan fingerprint density at radius 1 is 1.39 bits per heavy atom. The van der Waals surface area contributed by atoms with Gasteiger partial charge in [0.15, 0.2) is 5.75 Å². The van der Waals surface area contributed by atoms with E-state index in [1.165, 1.54) is 0 Å². The monoisotopic (exact) mass is 247 g/mol. The molecular weight excluding hydrogens is 230 g/mol. The van der Waals surface area contributed by atoms with Crippen molar-refractivity contribution in [1.29, 1.82) is 0 Å². The third kappa shape index (κ3) is 2.37. The lowest BCUT2D eigenvalue weighted by Gasteiger charge is -2.15. The summed E-state index contributed by atoms with van der Waals surface area (Å²) >= 11 is 0. The van der Waals surface area contributed by atoms with E-state index in [2.05, 4.69) is 10.3 Å². The number of rotatable bonds is 4. The van der Waals surface area contributed by atoms with Gasteiger partial charge in [0.2, 0.25) is 5.88 Å². The summed E-state index contributed by atoms with van der Waals surface area (Å²) in [6, 6.07) is 5.66. The Bertz CT molecular complexity index is 535. The standard InChI is InChI=1S/C12H17N5O/c1-4-17-12(8-14-15-17)18-11-7-9(16(2)3)5-6-10(11)13/h5-8H,4,13H2,1-3H3. The molecule has 0 bridgehead atoms. The Morgan fingerprint density at radius 3 is 2.83 bits per heavy atom. The first-order valence-corrected chi connectivity index (χ1v) is 5.75. The summed E-state index contributed by atoms with van der Waals surface area (Å²) in [6.45, 7) is 2.67. The van der Waals surface area contributed by atoms with Gasteiger partial charge in [-0.15, -0.1) is 5.10 Å². The van der Waals surface area contributed by atoms with Crippen LogP contribution in [0.2, 0.25) is 0 Å². The Balaban J connectivity index is 2.31. The topological polar surface area (TPSA) is 69.2 Å². The second-order valence-electron chi connectivity index (χ2n) is 4.11. The van der Waals surface area contributed by atoms with Crippen LogP contribution < -0.4 is 15.4 Å². The van der Waals surface area contributed by atoms with Crippen LogP contribution in [0.3, 0.4) is 0 Å². The van der Waals surface area contributed by atoms with Crippen LogP contribution in [0.4, 0.5) is 11.4 Å². The fourth-order valence-electron chi connectivity index (χ4n) is 1.55. The number of anilines is 2. The van der Waals surface area contributed by atoms with Crippen molar-refractivity contribution in [2.24, 2.45) is 0 Å². The Labute approximate surface area is 106 Å². The van der Waals surface area contributed by atoms with Gasteiger partial charge >= 0.3 is 0 Å². The van der Waals surface area contributed by atoms with Crippen molar-refractivity contribution in [3.05, 3.63) is 24.4 Å². The van der Waals surface area contributed by atoms with E-state index < -0.39 is 0 Å². The van der Waals surface area contributed by atoms with Crippen LogP contribution in [0.1, 0.15) is 6.92 Å². The van der Waals surface area contributed by atoms with Crippen LogP contribution >= 0.6 is 0 Å². The second kappa shape index (κ2) is 4.95. The van der Waals surface area contributed by atoms with Gasteiger partial charge in [-0.05, 0) is 19.1 Å². The largest absolute Gasteiger partial charge is 0.435 e. The van der Waals surface area contributed by atoms with Crippen LogP contribution in [0.5, 0.6) is 11.6 Å². The molecule has 18 heavy (non-hydrogen) atoms. The molecule has 1 aromatic carbocycles. The first kappa shape index (κ1) is 12.2. The molecule has 0 saturated carbocycles. The fraction of sp³-hybridized carbons (Fsp3) is 0.333. The van der Waals surface area contributed by atoms with Crippen LogP contribution in [0, 0.1) is 0 Å². The minimum absolute atomic E-state index is 0.583. The van der Waals surface area contributed by atoms with Crippen LogP contribution in [0.15, 0.2) is 24.4 Å². The van der Waals surface area contributed by atoms with E-state index >= 15 is 0 Å². The van der Waals surface area contributed by atoms with Gasteiger partial charge in [0.25, 0.3) is 0 Å². The van der Waals surface area contributed by atoms with Crippen molar-refractivity contribution in [2.45, 2.75) is 13.5 Å². The second-order valence-corrected chi connectivity index (χ2v) is 4.11. The molecule has 0 aliphatic heterocycles. The average Bonchev–Trinajstić information content (AvgIpc) is 2.79. The molecule has 0 atom stereocenters. The highest BCUT2D eigenvalue weighted by atomic mass is 16.5. The molecular formula is C12H17N5O. The van der Waals surface area contributed by atoms with Crippen molar-refractivity contribution in [1.82, 2.24) is 15.0 Å². The fourth-order valence-corrected chi connectivity index (χ4v) is 1.55. The summed E-state index contributed by atoms with van der Waals surface area (Å²) in [5.74, 6) is 1.19. The number of hydrogen-bond donors (Lipinski definition) is 1. The van der Waals surface area contributed by atoms with Gasteiger partial charge < -0.3 is 15.4 Å². The maximum absolute atomic E-state index is 5.90. The van der Waals surface area contributed by atoms with Gasteiger partial charge in [0.1, 0.15) is 6.20 Å². The number of aromatic nitrogens is 3. The highest BCUT2D eigenvalue weighted by Gasteiger charge is 2.09. The zero-order chi connectivity index (χ0) is 13.1. The van der Waals surface area contributed by atoms with E-state index in [-0.39, 0.29) is 0 Å². The average molecular weight is 247 g/mol. The van der Waals surface area contributed by atoms with Gasteiger partial charge in [0.05, 0.1) is 5.69 Å². The summed E-state index contributed by atoms with van der Waals surface area (Å²) in [5.41, 5.74) is 7.51. The number of benzene rings is 1. The molecule has 0 unspecified atom stereocenters. The molecule has 0 amide bonds. The molecule has 0 radical (unpaired) electrons. The quantitative estimate of drug-likeness (QED) is 0.833. The van der Waals surface area contributed by atoms with E-state index in [4.69, 9.17) is 10.5 Å². The first-order valence-electron chi connectivity index (χ1n) is 5.75. The number of hydrogen-bond acceptors (Lipinski definition) is 5. The number of aryl methyl sites for hydroxylation is 1. The van der Waals surface area contributed by atoms with E-state index in [0.29, 0.717) is 23.9 Å².